The molecule has 0 aliphatic carbocycles. The first-order valence-electron chi connectivity index (χ1n) is 7.73. The van der Waals surface area contributed by atoms with Crippen LogP contribution in [0.5, 0.6) is 5.75 Å². The van der Waals surface area contributed by atoms with Gasteiger partial charge in [-0.15, -0.1) is 0 Å². The third kappa shape index (κ3) is 3.84. The molecular formula is C16H20BrN3O3. The Balaban J connectivity index is 1.65. The van der Waals surface area contributed by atoms with E-state index in [1.807, 2.05) is 12.1 Å². The minimum absolute atomic E-state index is 0.0309. The van der Waals surface area contributed by atoms with Gasteiger partial charge in [-0.05, 0) is 51.2 Å². The summed E-state index contributed by atoms with van der Waals surface area (Å²) in [4.78, 5) is 28.2. The summed E-state index contributed by atoms with van der Waals surface area (Å²) in [5.74, 6) is 0.299. The van der Waals surface area contributed by atoms with E-state index in [9.17, 15) is 9.59 Å². The maximum Gasteiger partial charge on any atom is 0.265 e. The predicted octanol–water partition coefficient (Wildman–Crippen LogP) is 1.38. The zero-order chi connectivity index (χ0) is 16.4. The van der Waals surface area contributed by atoms with E-state index >= 15 is 0 Å². The standard InChI is InChI=1S/C16H20BrN3O3/c1-19-6-4-12(5-7-19)18-15(21)9-20-13-3-2-11(17)8-14(13)23-10-16(20)22/h2-3,8,12H,4-7,9-10H2,1H3,(H,18,21). The topological polar surface area (TPSA) is 61.9 Å². The number of rotatable bonds is 3. The molecule has 1 saturated heterocycles. The van der Waals surface area contributed by atoms with Crippen LogP contribution in [0.15, 0.2) is 22.7 Å². The lowest BCUT2D eigenvalue weighted by atomic mass is 10.1. The quantitative estimate of drug-likeness (QED) is 0.858. The maximum absolute atomic E-state index is 12.3. The molecule has 0 saturated carbocycles. The number of likely N-dealkylation sites (tertiary alicyclic amines) is 1. The van der Waals surface area contributed by atoms with Crippen LogP contribution in [0.4, 0.5) is 5.69 Å². The van der Waals surface area contributed by atoms with Gasteiger partial charge < -0.3 is 15.0 Å². The lowest BCUT2D eigenvalue weighted by Crippen LogP contribution is -2.49. The Kier molecular flexibility index (Phi) is 4.87. The third-order valence-corrected chi connectivity index (χ3v) is 4.74. The van der Waals surface area contributed by atoms with Gasteiger partial charge in [0.05, 0.1) is 5.69 Å². The molecule has 1 N–H and O–H groups in total. The molecule has 2 aliphatic heterocycles. The van der Waals surface area contributed by atoms with Crippen LogP contribution in [0.25, 0.3) is 0 Å². The van der Waals surface area contributed by atoms with E-state index in [0.29, 0.717) is 11.4 Å². The molecule has 3 rings (SSSR count). The van der Waals surface area contributed by atoms with Gasteiger partial charge in [-0.1, -0.05) is 15.9 Å². The van der Waals surface area contributed by atoms with Crippen molar-refractivity contribution in [1.29, 1.82) is 0 Å². The van der Waals surface area contributed by atoms with Gasteiger partial charge in [-0.2, -0.15) is 0 Å². The number of hydrogen-bond acceptors (Lipinski definition) is 4. The van der Waals surface area contributed by atoms with E-state index < -0.39 is 0 Å². The zero-order valence-corrected chi connectivity index (χ0v) is 14.6. The van der Waals surface area contributed by atoms with Gasteiger partial charge >= 0.3 is 0 Å². The van der Waals surface area contributed by atoms with Crippen molar-refractivity contribution in [3.05, 3.63) is 22.7 Å². The number of ether oxygens (including phenoxy) is 1. The summed E-state index contributed by atoms with van der Waals surface area (Å²) < 4.78 is 6.31. The van der Waals surface area contributed by atoms with E-state index in [2.05, 4.69) is 33.2 Å². The zero-order valence-electron chi connectivity index (χ0n) is 13.0. The first kappa shape index (κ1) is 16.3. The molecule has 1 fully saturated rings. The summed E-state index contributed by atoms with van der Waals surface area (Å²) in [7, 11) is 2.08. The minimum atomic E-state index is -0.196. The van der Waals surface area contributed by atoms with E-state index in [1.165, 1.54) is 4.90 Å². The number of piperidine rings is 1. The SMILES string of the molecule is CN1CCC(NC(=O)CN2C(=O)COc3cc(Br)ccc32)CC1. The molecule has 0 radical (unpaired) electrons. The van der Waals surface area contributed by atoms with Crippen LogP contribution in [-0.2, 0) is 9.59 Å². The predicted molar refractivity (Wildman–Crippen MR) is 90.7 cm³/mol. The smallest absolute Gasteiger partial charge is 0.265 e. The largest absolute Gasteiger partial charge is 0.482 e. The van der Waals surface area contributed by atoms with Crippen molar-refractivity contribution in [2.75, 3.05) is 38.2 Å². The fraction of sp³-hybridized carbons (Fsp3) is 0.500. The van der Waals surface area contributed by atoms with E-state index in [4.69, 9.17) is 4.74 Å². The number of anilines is 1. The first-order chi connectivity index (χ1) is 11.0. The number of carbonyl (C=O) groups is 2. The monoisotopic (exact) mass is 381 g/mol. The number of nitrogens with zero attached hydrogens (tertiary/aromatic N) is 2. The number of carbonyl (C=O) groups excluding carboxylic acids is 2. The Labute approximate surface area is 143 Å². The van der Waals surface area contributed by atoms with Crippen molar-refractivity contribution >= 4 is 33.4 Å². The summed E-state index contributed by atoms with van der Waals surface area (Å²) in [6.45, 7) is 1.96. The Hall–Kier alpha value is -1.60. The molecule has 23 heavy (non-hydrogen) atoms. The van der Waals surface area contributed by atoms with Crippen molar-refractivity contribution in [1.82, 2.24) is 10.2 Å². The van der Waals surface area contributed by atoms with Crippen LogP contribution < -0.4 is 15.0 Å². The van der Waals surface area contributed by atoms with Crippen molar-refractivity contribution in [3.63, 3.8) is 0 Å². The lowest BCUT2D eigenvalue weighted by Gasteiger charge is -2.32. The first-order valence-corrected chi connectivity index (χ1v) is 8.53. The Morgan fingerprint density at radius 2 is 2.13 bits per heavy atom. The Morgan fingerprint density at radius 3 is 2.87 bits per heavy atom. The van der Waals surface area contributed by atoms with Gasteiger partial charge in [0.25, 0.3) is 5.91 Å². The highest BCUT2D eigenvalue weighted by Crippen LogP contribution is 2.34. The molecule has 124 valence electrons. The summed E-state index contributed by atoms with van der Waals surface area (Å²) >= 11 is 3.38. The third-order valence-electron chi connectivity index (χ3n) is 4.25. The highest BCUT2D eigenvalue weighted by molar-refractivity contribution is 9.10. The average molecular weight is 382 g/mol. The number of halogens is 1. The van der Waals surface area contributed by atoms with E-state index in [-0.39, 0.29) is 31.0 Å². The van der Waals surface area contributed by atoms with Crippen molar-refractivity contribution < 1.29 is 14.3 Å². The fourth-order valence-electron chi connectivity index (χ4n) is 2.92. The number of hydrogen-bond donors (Lipinski definition) is 1. The van der Waals surface area contributed by atoms with Crippen LogP contribution >= 0.6 is 15.9 Å². The van der Waals surface area contributed by atoms with Crippen LogP contribution in [-0.4, -0.2) is 56.0 Å². The second-order valence-corrected chi connectivity index (χ2v) is 6.94. The second kappa shape index (κ2) is 6.88. The van der Waals surface area contributed by atoms with E-state index in [0.717, 1.165) is 30.4 Å². The molecule has 0 spiro atoms. The van der Waals surface area contributed by atoms with Crippen molar-refractivity contribution in [2.24, 2.45) is 0 Å². The maximum atomic E-state index is 12.3. The number of nitrogens with one attached hydrogen (secondary N) is 1. The van der Waals surface area contributed by atoms with Crippen LogP contribution in [0.3, 0.4) is 0 Å². The number of benzene rings is 1. The number of fused-ring (bicyclic) bond motifs is 1. The summed E-state index contributed by atoms with van der Waals surface area (Å²) in [5.41, 5.74) is 0.642. The molecule has 2 aliphatic rings. The average Bonchev–Trinajstić information content (AvgIpc) is 2.52. The van der Waals surface area contributed by atoms with Crippen LogP contribution in [0.2, 0.25) is 0 Å². The van der Waals surface area contributed by atoms with Crippen molar-refractivity contribution in [3.8, 4) is 5.75 Å². The summed E-state index contributed by atoms with van der Waals surface area (Å²) in [6.07, 6.45) is 1.89. The van der Waals surface area contributed by atoms with Gasteiger partial charge in [0, 0.05) is 10.5 Å². The van der Waals surface area contributed by atoms with Crippen LogP contribution in [0, 0.1) is 0 Å². The molecule has 1 aromatic carbocycles. The van der Waals surface area contributed by atoms with Gasteiger partial charge in [-0.3, -0.25) is 14.5 Å². The highest BCUT2D eigenvalue weighted by Gasteiger charge is 2.28. The van der Waals surface area contributed by atoms with Crippen LogP contribution in [0.1, 0.15) is 12.8 Å². The Bertz CT molecular complexity index is 615. The van der Waals surface area contributed by atoms with Crippen molar-refractivity contribution in [2.45, 2.75) is 18.9 Å². The van der Waals surface area contributed by atoms with Gasteiger partial charge in [0.2, 0.25) is 5.91 Å². The molecular weight excluding hydrogens is 362 g/mol. The number of amides is 2. The summed E-state index contributed by atoms with van der Waals surface area (Å²) in [5, 5.41) is 3.04. The molecule has 0 bridgehead atoms. The molecule has 0 atom stereocenters. The second-order valence-electron chi connectivity index (χ2n) is 6.03. The summed E-state index contributed by atoms with van der Waals surface area (Å²) in [6, 6.07) is 5.63. The molecule has 2 amide bonds. The molecule has 7 heteroatoms. The molecule has 6 nitrogen and oxygen atoms in total. The molecule has 0 aromatic heterocycles. The van der Waals surface area contributed by atoms with Gasteiger partial charge in [0.15, 0.2) is 6.61 Å². The molecule has 1 aromatic rings. The normalized spacial score (nSPS) is 19.2. The fourth-order valence-corrected chi connectivity index (χ4v) is 3.26. The molecule has 2 heterocycles. The van der Waals surface area contributed by atoms with E-state index in [1.54, 1.807) is 6.07 Å². The highest BCUT2D eigenvalue weighted by atomic mass is 79.9. The lowest BCUT2D eigenvalue weighted by molar-refractivity contribution is -0.125. The molecule has 0 unspecified atom stereocenters. The van der Waals surface area contributed by atoms with Gasteiger partial charge in [-0.25, -0.2) is 0 Å². The van der Waals surface area contributed by atoms with Gasteiger partial charge in [0.1, 0.15) is 12.3 Å². The minimum Gasteiger partial charge on any atom is -0.482 e. The Morgan fingerprint density at radius 1 is 1.39 bits per heavy atom.